The molecule has 0 radical (unpaired) electrons. The summed E-state index contributed by atoms with van der Waals surface area (Å²) in [6.45, 7) is 4.58. The van der Waals surface area contributed by atoms with Crippen molar-refractivity contribution in [1.82, 2.24) is 20.2 Å². The molecular weight excluding hydrogens is 408 g/mol. The number of hydrogen-bond acceptors (Lipinski definition) is 5. The van der Waals surface area contributed by atoms with E-state index in [1.165, 1.54) is 10.4 Å². The highest BCUT2D eigenvalue weighted by atomic mass is 35.5. The third-order valence-corrected chi connectivity index (χ3v) is 6.78. The zero-order chi connectivity index (χ0) is 20.5. The van der Waals surface area contributed by atoms with Gasteiger partial charge in [0.2, 0.25) is 0 Å². The van der Waals surface area contributed by atoms with Crippen molar-refractivity contribution in [3.63, 3.8) is 0 Å². The molecule has 1 aromatic carbocycles. The van der Waals surface area contributed by atoms with E-state index in [1.807, 2.05) is 12.1 Å². The first-order valence-corrected chi connectivity index (χ1v) is 10.9. The number of H-pyrrole nitrogens is 1. The van der Waals surface area contributed by atoms with Crippen molar-refractivity contribution in [1.29, 1.82) is 0 Å². The predicted molar refractivity (Wildman–Crippen MR) is 117 cm³/mol. The highest BCUT2D eigenvalue weighted by Crippen LogP contribution is 2.32. The van der Waals surface area contributed by atoms with Crippen molar-refractivity contribution < 1.29 is 9.53 Å². The molecule has 154 valence electrons. The van der Waals surface area contributed by atoms with Crippen molar-refractivity contribution in [3.05, 3.63) is 50.4 Å². The van der Waals surface area contributed by atoms with Gasteiger partial charge in [-0.05, 0) is 49.2 Å². The molecular formula is C21H25ClN4O2S. The number of imidazole rings is 1. The number of hydrogen-bond donors (Lipinski definition) is 2. The van der Waals surface area contributed by atoms with Gasteiger partial charge in [0.05, 0.1) is 22.5 Å². The number of methoxy groups -OCH3 is 1. The minimum atomic E-state index is -0.371. The van der Waals surface area contributed by atoms with Gasteiger partial charge in [0.1, 0.15) is 11.9 Å². The quantitative estimate of drug-likeness (QED) is 0.639. The van der Waals surface area contributed by atoms with Gasteiger partial charge in [-0.15, -0.1) is 11.3 Å². The van der Waals surface area contributed by atoms with Gasteiger partial charge in [0, 0.05) is 30.1 Å². The smallest absolute Gasteiger partial charge is 0.262 e. The molecule has 2 N–H and O–H groups in total. The van der Waals surface area contributed by atoms with E-state index in [9.17, 15) is 4.79 Å². The molecule has 0 saturated heterocycles. The summed E-state index contributed by atoms with van der Waals surface area (Å²) in [5.41, 5.74) is 2.94. The van der Waals surface area contributed by atoms with Gasteiger partial charge in [-0.25, -0.2) is 4.98 Å². The monoisotopic (exact) mass is 432 g/mol. The third-order valence-electron chi connectivity index (χ3n) is 5.33. The molecule has 0 aliphatic carbocycles. The number of fused-ring (bicyclic) bond motifs is 2. The minimum absolute atomic E-state index is 0.0934. The van der Waals surface area contributed by atoms with Crippen molar-refractivity contribution in [3.8, 4) is 0 Å². The lowest BCUT2D eigenvalue weighted by Gasteiger charge is -2.17. The Morgan fingerprint density at radius 1 is 1.48 bits per heavy atom. The summed E-state index contributed by atoms with van der Waals surface area (Å²) in [6, 6.07) is 7.17. The van der Waals surface area contributed by atoms with E-state index in [2.05, 4.69) is 40.2 Å². The van der Waals surface area contributed by atoms with Gasteiger partial charge in [-0.1, -0.05) is 18.5 Å². The van der Waals surface area contributed by atoms with Crippen LogP contribution in [0.3, 0.4) is 0 Å². The molecule has 6 nitrogen and oxygen atoms in total. The van der Waals surface area contributed by atoms with Crippen LogP contribution in [0.4, 0.5) is 0 Å². The summed E-state index contributed by atoms with van der Waals surface area (Å²) in [4.78, 5) is 25.3. The maximum atomic E-state index is 13.0. The van der Waals surface area contributed by atoms with Crippen LogP contribution in [0, 0.1) is 0 Å². The number of carbonyl (C=O) groups excluding carboxylic acids is 1. The number of aromatic amines is 1. The Hall–Kier alpha value is -1.93. The maximum absolute atomic E-state index is 13.0. The molecule has 1 amide bonds. The molecule has 1 unspecified atom stereocenters. The molecule has 2 aromatic heterocycles. The van der Waals surface area contributed by atoms with E-state index in [0.717, 1.165) is 35.4 Å². The number of halogens is 1. The minimum Gasteiger partial charge on any atom is -0.382 e. The zero-order valence-electron chi connectivity index (χ0n) is 16.8. The topological polar surface area (TPSA) is 70.2 Å². The lowest BCUT2D eigenvalue weighted by atomic mass is 10.0. The van der Waals surface area contributed by atoms with Gasteiger partial charge in [0.25, 0.3) is 5.91 Å². The largest absolute Gasteiger partial charge is 0.382 e. The van der Waals surface area contributed by atoms with Gasteiger partial charge in [0.15, 0.2) is 0 Å². The average molecular weight is 433 g/mol. The van der Waals surface area contributed by atoms with E-state index >= 15 is 0 Å². The Labute approximate surface area is 179 Å². The Bertz CT molecular complexity index is 1030. The highest BCUT2D eigenvalue weighted by molar-refractivity contribution is 7.14. The van der Waals surface area contributed by atoms with Crippen LogP contribution in [-0.4, -0.2) is 54.6 Å². The fraction of sp³-hybridized carbons (Fsp3) is 0.429. The standard InChI is InChI=1S/C21H25ClN4O2S/c1-12-10-26(2)7-6-18-14(12)9-19(29-18)21(27)25-17(11-28-3)20-23-15-5-4-13(22)8-16(15)24-20/h4-5,8-9,12,17H,6-7,10-11H2,1-3H3,(H,23,24)(H,25,27)/t12?,17-/m0/s1. The fourth-order valence-electron chi connectivity index (χ4n) is 3.87. The number of likely N-dealkylation sites (N-methyl/N-ethyl adjacent to an activating group) is 1. The van der Waals surface area contributed by atoms with Crippen molar-refractivity contribution in [2.24, 2.45) is 0 Å². The summed E-state index contributed by atoms with van der Waals surface area (Å²) in [5.74, 6) is 0.986. The van der Waals surface area contributed by atoms with E-state index in [4.69, 9.17) is 16.3 Å². The van der Waals surface area contributed by atoms with Crippen LogP contribution >= 0.6 is 22.9 Å². The molecule has 29 heavy (non-hydrogen) atoms. The lowest BCUT2D eigenvalue weighted by molar-refractivity contribution is 0.0896. The van der Waals surface area contributed by atoms with Gasteiger partial charge in [-0.2, -0.15) is 0 Å². The predicted octanol–water partition coefficient (Wildman–Crippen LogP) is 3.99. The Kier molecular flexibility index (Phi) is 5.92. The molecule has 0 bridgehead atoms. The number of thiophene rings is 1. The molecule has 1 aliphatic heterocycles. The van der Waals surface area contributed by atoms with Crippen LogP contribution in [0.5, 0.6) is 0 Å². The van der Waals surface area contributed by atoms with Gasteiger partial charge in [-0.3, -0.25) is 4.79 Å². The molecule has 0 saturated carbocycles. The number of amides is 1. The van der Waals surface area contributed by atoms with Crippen molar-refractivity contribution >= 4 is 39.9 Å². The number of rotatable bonds is 5. The second kappa shape index (κ2) is 8.44. The van der Waals surface area contributed by atoms with Crippen molar-refractivity contribution in [2.45, 2.75) is 25.3 Å². The van der Waals surface area contributed by atoms with Gasteiger partial charge < -0.3 is 19.9 Å². The summed E-state index contributed by atoms with van der Waals surface area (Å²) >= 11 is 7.67. The van der Waals surface area contributed by atoms with Crippen LogP contribution in [-0.2, 0) is 11.2 Å². The maximum Gasteiger partial charge on any atom is 0.262 e. The molecule has 0 fully saturated rings. The van der Waals surface area contributed by atoms with Gasteiger partial charge >= 0.3 is 0 Å². The highest BCUT2D eigenvalue weighted by Gasteiger charge is 2.25. The second-order valence-corrected chi connectivity index (χ2v) is 9.24. The molecule has 8 heteroatoms. The summed E-state index contributed by atoms with van der Waals surface area (Å²) in [6.07, 6.45) is 0.986. The number of nitrogens with one attached hydrogen (secondary N) is 2. The normalized spacial score (nSPS) is 18.4. The molecule has 1 aliphatic rings. The number of benzene rings is 1. The number of ether oxygens (including phenoxy) is 1. The van der Waals surface area contributed by atoms with E-state index in [0.29, 0.717) is 23.4 Å². The first kappa shape index (κ1) is 20.3. The Morgan fingerprint density at radius 3 is 3.10 bits per heavy atom. The number of carbonyl (C=O) groups is 1. The first-order chi connectivity index (χ1) is 13.9. The number of nitrogens with zero attached hydrogens (tertiary/aromatic N) is 2. The van der Waals surface area contributed by atoms with E-state index < -0.39 is 0 Å². The fourth-order valence-corrected chi connectivity index (χ4v) is 5.21. The Morgan fingerprint density at radius 2 is 2.31 bits per heavy atom. The van der Waals surface area contributed by atoms with Crippen LogP contribution in [0.2, 0.25) is 5.02 Å². The third kappa shape index (κ3) is 4.33. The lowest BCUT2D eigenvalue weighted by Crippen LogP contribution is -2.31. The molecule has 4 rings (SSSR count). The molecule has 3 aromatic rings. The SMILES string of the molecule is COC[C@H](NC(=O)c1cc2c(s1)CCN(C)CC2C)c1nc2ccc(Cl)cc2[nH]1. The average Bonchev–Trinajstić information content (AvgIpc) is 3.27. The summed E-state index contributed by atoms with van der Waals surface area (Å²) < 4.78 is 5.34. The Balaban J connectivity index is 1.56. The summed E-state index contributed by atoms with van der Waals surface area (Å²) in [7, 11) is 3.76. The molecule has 3 heterocycles. The van der Waals surface area contributed by atoms with Crippen LogP contribution in [0.1, 0.15) is 44.8 Å². The summed E-state index contributed by atoms with van der Waals surface area (Å²) in [5, 5.41) is 3.72. The second-order valence-electron chi connectivity index (χ2n) is 7.67. The van der Waals surface area contributed by atoms with E-state index in [-0.39, 0.29) is 11.9 Å². The molecule has 0 spiro atoms. The van der Waals surface area contributed by atoms with Crippen LogP contribution in [0.15, 0.2) is 24.3 Å². The first-order valence-electron chi connectivity index (χ1n) is 9.70. The van der Waals surface area contributed by atoms with Crippen molar-refractivity contribution in [2.75, 3.05) is 33.9 Å². The number of aromatic nitrogens is 2. The van der Waals surface area contributed by atoms with Crippen LogP contribution in [0.25, 0.3) is 11.0 Å². The molecule has 2 atom stereocenters. The zero-order valence-corrected chi connectivity index (χ0v) is 18.4. The van der Waals surface area contributed by atoms with Crippen LogP contribution < -0.4 is 5.32 Å². The van der Waals surface area contributed by atoms with E-state index in [1.54, 1.807) is 24.5 Å².